The van der Waals surface area contributed by atoms with E-state index in [2.05, 4.69) is 12.2 Å². The SMILES string of the molecule is CCCNCc1ccc(OC)c(OC(CCC)C(=O)O)c1. The van der Waals surface area contributed by atoms with Gasteiger partial charge < -0.3 is 19.9 Å². The summed E-state index contributed by atoms with van der Waals surface area (Å²) in [4.78, 5) is 11.2. The smallest absolute Gasteiger partial charge is 0.344 e. The predicted molar refractivity (Wildman–Crippen MR) is 82.0 cm³/mol. The predicted octanol–water partition coefficient (Wildman–Crippen LogP) is 2.83. The maximum atomic E-state index is 11.2. The number of carboxylic acids is 1. The monoisotopic (exact) mass is 295 g/mol. The first-order valence-electron chi connectivity index (χ1n) is 7.39. The Kier molecular flexibility index (Phi) is 7.61. The van der Waals surface area contributed by atoms with Crippen molar-refractivity contribution < 1.29 is 19.4 Å². The van der Waals surface area contributed by atoms with Gasteiger partial charge in [-0.2, -0.15) is 0 Å². The van der Waals surface area contributed by atoms with Crippen LogP contribution in [0.25, 0.3) is 0 Å². The molecule has 5 heteroatoms. The van der Waals surface area contributed by atoms with E-state index in [0.29, 0.717) is 17.9 Å². The van der Waals surface area contributed by atoms with Crippen LogP contribution in [0.4, 0.5) is 0 Å². The van der Waals surface area contributed by atoms with Crippen LogP contribution in [0, 0.1) is 0 Å². The topological polar surface area (TPSA) is 67.8 Å². The normalized spacial score (nSPS) is 12.0. The van der Waals surface area contributed by atoms with Crippen LogP contribution in [0.2, 0.25) is 0 Å². The lowest BCUT2D eigenvalue weighted by molar-refractivity contribution is -0.145. The lowest BCUT2D eigenvalue weighted by atomic mass is 10.1. The number of ether oxygens (including phenoxy) is 2. The average molecular weight is 295 g/mol. The van der Waals surface area contributed by atoms with E-state index in [4.69, 9.17) is 9.47 Å². The molecule has 0 aromatic heterocycles. The number of hydrogen-bond acceptors (Lipinski definition) is 4. The maximum absolute atomic E-state index is 11.2. The van der Waals surface area contributed by atoms with Gasteiger partial charge in [-0.3, -0.25) is 0 Å². The van der Waals surface area contributed by atoms with Gasteiger partial charge in [-0.25, -0.2) is 4.79 Å². The molecule has 0 heterocycles. The Morgan fingerprint density at radius 2 is 2.05 bits per heavy atom. The average Bonchev–Trinajstić information content (AvgIpc) is 2.47. The van der Waals surface area contributed by atoms with Crippen LogP contribution in [0.5, 0.6) is 11.5 Å². The van der Waals surface area contributed by atoms with Gasteiger partial charge in [0.15, 0.2) is 17.6 Å². The van der Waals surface area contributed by atoms with Gasteiger partial charge in [-0.1, -0.05) is 26.3 Å². The highest BCUT2D eigenvalue weighted by Gasteiger charge is 2.20. The van der Waals surface area contributed by atoms with Crippen molar-refractivity contribution in [2.24, 2.45) is 0 Å². The molecule has 0 fully saturated rings. The molecule has 0 spiro atoms. The molecule has 5 nitrogen and oxygen atoms in total. The van der Waals surface area contributed by atoms with E-state index < -0.39 is 12.1 Å². The van der Waals surface area contributed by atoms with Crippen LogP contribution in [0.15, 0.2) is 18.2 Å². The minimum Gasteiger partial charge on any atom is -0.493 e. The number of rotatable bonds is 10. The van der Waals surface area contributed by atoms with Crippen molar-refractivity contribution in [3.63, 3.8) is 0 Å². The number of aliphatic carboxylic acids is 1. The van der Waals surface area contributed by atoms with Crippen molar-refractivity contribution in [3.8, 4) is 11.5 Å². The standard InChI is InChI=1S/C16H25NO4/c1-4-6-14(16(18)19)21-15-10-12(11-17-9-5-2)7-8-13(15)20-3/h7-8,10,14,17H,4-6,9,11H2,1-3H3,(H,18,19). The van der Waals surface area contributed by atoms with E-state index in [1.54, 1.807) is 7.11 Å². The molecule has 21 heavy (non-hydrogen) atoms. The first-order chi connectivity index (χ1) is 10.1. The molecule has 0 bridgehead atoms. The van der Waals surface area contributed by atoms with Crippen LogP contribution in [-0.2, 0) is 11.3 Å². The molecule has 0 radical (unpaired) electrons. The van der Waals surface area contributed by atoms with Crippen molar-refractivity contribution in [1.29, 1.82) is 0 Å². The molecule has 0 amide bonds. The number of benzene rings is 1. The fourth-order valence-electron chi connectivity index (χ4n) is 1.98. The number of nitrogens with one attached hydrogen (secondary N) is 1. The van der Waals surface area contributed by atoms with E-state index in [1.165, 1.54) is 0 Å². The first kappa shape index (κ1) is 17.3. The summed E-state index contributed by atoms with van der Waals surface area (Å²) in [6.45, 7) is 5.70. The fraction of sp³-hybridized carbons (Fsp3) is 0.562. The summed E-state index contributed by atoms with van der Waals surface area (Å²) >= 11 is 0. The molecule has 0 aliphatic carbocycles. The lowest BCUT2D eigenvalue weighted by Gasteiger charge is -2.17. The summed E-state index contributed by atoms with van der Waals surface area (Å²) in [6.07, 6.45) is 1.44. The van der Waals surface area contributed by atoms with Gasteiger partial charge in [0.05, 0.1) is 7.11 Å². The molecule has 1 aromatic rings. The van der Waals surface area contributed by atoms with E-state index in [1.807, 2.05) is 25.1 Å². The summed E-state index contributed by atoms with van der Waals surface area (Å²) in [5, 5.41) is 12.5. The quantitative estimate of drug-likeness (QED) is 0.650. The van der Waals surface area contributed by atoms with Gasteiger partial charge in [-0.15, -0.1) is 0 Å². The number of methoxy groups -OCH3 is 1. The van der Waals surface area contributed by atoms with Crippen molar-refractivity contribution in [3.05, 3.63) is 23.8 Å². The van der Waals surface area contributed by atoms with Crippen LogP contribution >= 0.6 is 0 Å². The van der Waals surface area contributed by atoms with Gasteiger partial charge >= 0.3 is 5.97 Å². The van der Waals surface area contributed by atoms with Crippen molar-refractivity contribution in [1.82, 2.24) is 5.32 Å². The van der Waals surface area contributed by atoms with Gasteiger partial charge in [0.1, 0.15) is 0 Å². The summed E-state index contributed by atoms with van der Waals surface area (Å²) < 4.78 is 10.9. The minimum atomic E-state index is -0.951. The van der Waals surface area contributed by atoms with E-state index in [9.17, 15) is 9.90 Å². The molecule has 1 atom stereocenters. The van der Waals surface area contributed by atoms with Gasteiger partial charge in [0.25, 0.3) is 0 Å². The van der Waals surface area contributed by atoms with Crippen molar-refractivity contribution >= 4 is 5.97 Å². The van der Waals surface area contributed by atoms with Crippen molar-refractivity contribution in [2.45, 2.75) is 45.8 Å². The highest BCUT2D eigenvalue weighted by Crippen LogP contribution is 2.29. The molecule has 0 saturated carbocycles. The number of carboxylic acid groups (broad SMARTS) is 1. The molecule has 1 rings (SSSR count). The number of carbonyl (C=O) groups is 1. The molecule has 1 aromatic carbocycles. The zero-order valence-electron chi connectivity index (χ0n) is 13.0. The van der Waals surface area contributed by atoms with E-state index in [-0.39, 0.29) is 0 Å². The molecule has 0 aliphatic heterocycles. The lowest BCUT2D eigenvalue weighted by Crippen LogP contribution is -2.27. The Bertz CT molecular complexity index is 448. The Hall–Kier alpha value is -1.75. The minimum absolute atomic E-state index is 0.469. The molecule has 0 aliphatic rings. The van der Waals surface area contributed by atoms with Gasteiger partial charge in [0, 0.05) is 6.54 Å². The van der Waals surface area contributed by atoms with E-state index in [0.717, 1.165) is 31.5 Å². The Morgan fingerprint density at radius 1 is 1.29 bits per heavy atom. The number of hydrogen-bond donors (Lipinski definition) is 2. The molecule has 2 N–H and O–H groups in total. The summed E-state index contributed by atoms with van der Waals surface area (Å²) in [5.74, 6) is 0.0826. The zero-order chi connectivity index (χ0) is 15.7. The van der Waals surface area contributed by atoms with Gasteiger partial charge in [-0.05, 0) is 37.1 Å². The van der Waals surface area contributed by atoms with Crippen LogP contribution < -0.4 is 14.8 Å². The molecular formula is C16H25NO4. The summed E-state index contributed by atoms with van der Waals surface area (Å²) in [6, 6.07) is 5.60. The molecule has 118 valence electrons. The molecular weight excluding hydrogens is 270 g/mol. The Balaban J connectivity index is 2.85. The maximum Gasteiger partial charge on any atom is 0.344 e. The Morgan fingerprint density at radius 3 is 2.62 bits per heavy atom. The molecule has 1 unspecified atom stereocenters. The second-order valence-electron chi connectivity index (χ2n) is 4.90. The zero-order valence-corrected chi connectivity index (χ0v) is 13.0. The highest BCUT2D eigenvalue weighted by molar-refractivity contribution is 5.72. The summed E-state index contributed by atoms with van der Waals surface area (Å²) in [7, 11) is 1.55. The second kappa shape index (κ2) is 9.23. The Labute approximate surface area is 126 Å². The van der Waals surface area contributed by atoms with Gasteiger partial charge in [0.2, 0.25) is 0 Å². The first-order valence-corrected chi connectivity index (χ1v) is 7.39. The fourth-order valence-corrected chi connectivity index (χ4v) is 1.98. The highest BCUT2D eigenvalue weighted by atomic mass is 16.5. The third-order valence-corrected chi connectivity index (χ3v) is 3.08. The second-order valence-corrected chi connectivity index (χ2v) is 4.90. The third kappa shape index (κ3) is 5.63. The summed E-state index contributed by atoms with van der Waals surface area (Å²) in [5.41, 5.74) is 1.04. The van der Waals surface area contributed by atoms with E-state index >= 15 is 0 Å². The van der Waals surface area contributed by atoms with Crippen LogP contribution in [-0.4, -0.2) is 30.8 Å². The largest absolute Gasteiger partial charge is 0.493 e. The molecule has 0 saturated heterocycles. The van der Waals surface area contributed by atoms with Crippen LogP contribution in [0.3, 0.4) is 0 Å². The van der Waals surface area contributed by atoms with Crippen LogP contribution in [0.1, 0.15) is 38.7 Å². The third-order valence-electron chi connectivity index (χ3n) is 3.08. The van der Waals surface area contributed by atoms with Crippen molar-refractivity contribution in [2.75, 3.05) is 13.7 Å².